The number of ether oxygens (including phenoxy) is 1. The molecule has 0 radical (unpaired) electrons. The minimum atomic E-state index is -0.334. The van der Waals surface area contributed by atoms with Gasteiger partial charge in [0.25, 0.3) is 0 Å². The zero-order chi connectivity index (χ0) is 12.8. The average molecular weight is 242 g/mol. The normalized spacial score (nSPS) is 21.3. The van der Waals surface area contributed by atoms with Gasteiger partial charge in [0.2, 0.25) is 5.91 Å². The molecule has 1 aliphatic heterocycles. The van der Waals surface area contributed by atoms with Crippen LogP contribution >= 0.6 is 0 Å². The maximum Gasteiger partial charge on any atom is 0.239 e. The molecule has 0 aliphatic carbocycles. The van der Waals surface area contributed by atoms with Crippen molar-refractivity contribution in [1.82, 2.24) is 4.90 Å². The molecule has 1 amide bonds. The van der Waals surface area contributed by atoms with E-state index in [2.05, 4.69) is 6.92 Å². The van der Waals surface area contributed by atoms with Crippen molar-refractivity contribution in [2.24, 2.45) is 17.6 Å². The second-order valence-corrected chi connectivity index (χ2v) is 5.14. The minimum Gasteiger partial charge on any atom is -0.384 e. The molecule has 17 heavy (non-hydrogen) atoms. The highest BCUT2D eigenvalue weighted by Crippen LogP contribution is 2.19. The van der Waals surface area contributed by atoms with Gasteiger partial charge in [-0.3, -0.25) is 4.79 Å². The van der Waals surface area contributed by atoms with Gasteiger partial charge in [-0.2, -0.15) is 0 Å². The van der Waals surface area contributed by atoms with Crippen LogP contribution in [0.5, 0.6) is 0 Å². The minimum absolute atomic E-state index is 0.121. The second kappa shape index (κ2) is 6.97. The molecule has 100 valence electrons. The summed E-state index contributed by atoms with van der Waals surface area (Å²) in [7, 11) is 1.73. The smallest absolute Gasteiger partial charge is 0.239 e. The SMILES string of the molecule is CCC(C)[C@H](N)C(=O)N1CCC(COC)CC1. The van der Waals surface area contributed by atoms with Crippen LogP contribution in [0.2, 0.25) is 0 Å². The van der Waals surface area contributed by atoms with Crippen LogP contribution < -0.4 is 5.73 Å². The number of piperidine rings is 1. The molecule has 2 atom stereocenters. The maximum absolute atomic E-state index is 12.1. The Morgan fingerprint density at radius 2 is 2.06 bits per heavy atom. The van der Waals surface area contributed by atoms with E-state index in [1.54, 1.807) is 7.11 Å². The molecule has 0 spiro atoms. The first-order chi connectivity index (χ1) is 8.10. The number of nitrogens with zero attached hydrogens (tertiary/aromatic N) is 1. The van der Waals surface area contributed by atoms with E-state index in [9.17, 15) is 4.79 Å². The molecule has 2 N–H and O–H groups in total. The Bertz CT molecular complexity index is 238. The van der Waals surface area contributed by atoms with Gasteiger partial charge in [-0.05, 0) is 24.7 Å². The monoisotopic (exact) mass is 242 g/mol. The highest BCUT2D eigenvalue weighted by Gasteiger charge is 2.28. The van der Waals surface area contributed by atoms with Crippen LogP contribution in [0, 0.1) is 11.8 Å². The number of rotatable bonds is 5. The van der Waals surface area contributed by atoms with Crippen LogP contribution in [0.15, 0.2) is 0 Å². The zero-order valence-electron chi connectivity index (χ0n) is 11.3. The molecule has 1 unspecified atom stereocenters. The summed E-state index contributed by atoms with van der Waals surface area (Å²) >= 11 is 0. The zero-order valence-corrected chi connectivity index (χ0v) is 11.3. The standard InChI is InChI=1S/C13H26N2O2/c1-4-10(2)12(14)13(16)15-7-5-11(6-8-15)9-17-3/h10-12H,4-9,14H2,1-3H3/t10?,12-/m0/s1. The summed E-state index contributed by atoms with van der Waals surface area (Å²) in [4.78, 5) is 14.1. The number of hydrogen-bond donors (Lipinski definition) is 1. The van der Waals surface area contributed by atoms with Crippen molar-refractivity contribution in [3.8, 4) is 0 Å². The summed E-state index contributed by atoms with van der Waals surface area (Å²) in [6, 6.07) is -0.334. The average Bonchev–Trinajstić information content (AvgIpc) is 2.37. The quantitative estimate of drug-likeness (QED) is 0.789. The predicted octanol–water partition coefficient (Wildman–Crippen LogP) is 1.24. The van der Waals surface area contributed by atoms with Crippen molar-refractivity contribution in [3.63, 3.8) is 0 Å². The number of likely N-dealkylation sites (tertiary alicyclic amines) is 1. The molecule has 0 saturated carbocycles. The summed E-state index contributed by atoms with van der Waals surface area (Å²) < 4.78 is 5.15. The van der Waals surface area contributed by atoms with Gasteiger partial charge in [-0.1, -0.05) is 20.3 Å². The van der Waals surface area contributed by atoms with Crippen LogP contribution in [-0.2, 0) is 9.53 Å². The first-order valence-corrected chi connectivity index (χ1v) is 6.63. The summed E-state index contributed by atoms with van der Waals surface area (Å²) in [6.07, 6.45) is 3.02. The molecule has 0 aromatic carbocycles. The number of nitrogens with two attached hydrogens (primary N) is 1. The van der Waals surface area contributed by atoms with Gasteiger partial charge in [-0.25, -0.2) is 0 Å². The highest BCUT2D eigenvalue weighted by atomic mass is 16.5. The molecule has 1 aliphatic rings. The van der Waals surface area contributed by atoms with Crippen molar-refractivity contribution < 1.29 is 9.53 Å². The first-order valence-electron chi connectivity index (χ1n) is 6.63. The van der Waals surface area contributed by atoms with Gasteiger partial charge >= 0.3 is 0 Å². The van der Waals surface area contributed by atoms with Gasteiger partial charge in [0.15, 0.2) is 0 Å². The Balaban J connectivity index is 2.40. The van der Waals surface area contributed by atoms with Gasteiger partial charge < -0.3 is 15.4 Å². The molecule has 1 saturated heterocycles. The third-order valence-electron chi connectivity index (χ3n) is 3.87. The summed E-state index contributed by atoms with van der Waals surface area (Å²) in [5.74, 6) is 0.985. The number of amides is 1. The van der Waals surface area contributed by atoms with Crippen LogP contribution in [0.4, 0.5) is 0 Å². The molecule has 1 fully saturated rings. The summed E-state index contributed by atoms with van der Waals surface area (Å²) in [6.45, 7) is 6.58. The number of methoxy groups -OCH3 is 1. The van der Waals surface area contributed by atoms with Crippen molar-refractivity contribution in [1.29, 1.82) is 0 Å². The molecule has 0 bridgehead atoms. The van der Waals surface area contributed by atoms with E-state index in [-0.39, 0.29) is 17.9 Å². The number of carbonyl (C=O) groups excluding carboxylic acids is 1. The van der Waals surface area contributed by atoms with Crippen LogP contribution in [0.3, 0.4) is 0 Å². The molecule has 0 aromatic rings. The van der Waals surface area contributed by atoms with Gasteiger partial charge in [0.05, 0.1) is 6.04 Å². The van der Waals surface area contributed by atoms with Gasteiger partial charge in [0, 0.05) is 26.8 Å². The van der Waals surface area contributed by atoms with Crippen molar-refractivity contribution in [2.45, 2.75) is 39.2 Å². The van der Waals surface area contributed by atoms with E-state index in [1.807, 2.05) is 11.8 Å². The first kappa shape index (κ1) is 14.5. The lowest BCUT2D eigenvalue weighted by molar-refractivity contribution is -0.135. The van der Waals surface area contributed by atoms with Gasteiger partial charge in [-0.15, -0.1) is 0 Å². The predicted molar refractivity (Wildman–Crippen MR) is 68.6 cm³/mol. The maximum atomic E-state index is 12.1. The van der Waals surface area contributed by atoms with Crippen LogP contribution in [0.25, 0.3) is 0 Å². The molecule has 1 heterocycles. The van der Waals surface area contributed by atoms with Crippen molar-refractivity contribution in [3.05, 3.63) is 0 Å². The van der Waals surface area contributed by atoms with Crippen molar-refractivity contribution in [2.75, 3.05) is 26.8 Å². The summed E-state index contributed by atoms with van der Waals surface area (Å²) in [5, 5.41) is 0. The fourth-order valence-electron chi connectivity index (χ4n) is 2.26. The molecule has 4 nitrogen and oxygen atoms in total. The van der Waals surface area contributed by atoms with E-state index < -0.39 is 0 Å². The highest BCUT2D eigenvalue weighted by molar-refractivity contribution is 5.82. The van der Waals surface area contributed by atoms with E-state index in [1.165, 1.54) is 0 Å². The Labute approximate surface area is 104 Å². The van der Waals surface area contributed by atoms with Crippen molar-refractivity contribution >= 4 is 5.91 Å². The third kappa shape index (κ3) is 3.96. The molecular formula is C13H26N2O2. The Kier molecular flexibility index (Phi) is 5.92. The van der Waals surface area contributed by atoms with E-state index in [0.717, 1.165) is 39.0 Å². The number of hydrogen-bond acceptors (Lipinski definition) is 3. The molecule has 4 heteroatoms. The fourth-order valence-corrected chi connectivity index (χ4v) is 2.26. The van der Waals surface area contributed by atoms with E-state index >= 15 is 0 Å². The Morgan fingerprint density at radius 3 is 2.53 bits per heavy atom. The summed E-state index contributed by atoms with van der Waals surface area (Å²) in [5.41, 5.74) is 5.98. The lowest BCUT2D eigenvalue weighted by atomic mass is 9.94. The van der Waals surface area contributed by atoms with E-state index in [4.69, 9.17) is 10.5 Å². The Morgan fingerprint density at radius 1 is 1.47 bits per heavy atom. The molecular weight excluding hydrogens is 216 g/mol. The van der Waals surface area contributed by atoms with Crippen LogP contribution in [-0.4, -0.2) is 43.7 Å². The molecule has 0 aromatic heterocycles. The van der Waals surface area contributed by atoms with E-state index in [0.29, 0.717) is 5.92 Å². The lowest BCUT2D eigenvalue weighted by Crippen LogP contribution is -2.49. The second-order valence-electron chi connectivity index (χ2n) is 5.14. The fraction of sp³-hybridized carbons (Fsp3) is 0.923. The Hall–Kier alpha value is -0.610. The van der Waals surface area contributed by atoms with Gasteiger partial charge in [0.1, 0.15) is 0 Å². The molecule has 1 rings (SSSR count). The third-order valence-corrected chi connectivity index (χ3v) is 3.87. The lowest BCUT2D eigenvalue weighted by Gasteiger charge is -2.34. The number of carbonyl (C=O) groups is 1. The largest absolute Gasteiger partial charge is 0.384 e. The van der Waals surface area contributed by atoms with Crippen LogP contribution in [0.1, 0.15) is 33.1 Å². The topological polar surface area (TPSA) is 55.6 Å².